The first-order valence-corrected chi connectivity index (χ1v) is 9.90. The number of carbonyl (C=O) groups excluding carboxylic acids is 1. The Morgan fingerprint density at radius 2 is 2.19 bits per heavy atom. The number of hydrogen-bond acceptors (Lipinski definition) is 7. The van der Waals surface area contributed by atoms with E-state index in [-0.39, 0.29) is 11.6 Å². The molecule has 0 fully saturated rings. The van der Waals surface area contributed by atoms with Gasteiger partial charge in [0.15, 0.2) is 10.8 Å². The van der Waals surface area contributed by atoms with E-state index in [9.17, 15) is 4.79 Å². The molecule has 0 aliphatic rings. The Hall–Kier alpha value is -2.39. The van der Waals surface area contributed by atoms with Gasteiger partial charge in [-0.15, -0.1) is 16.9 Å². The van der Waals surface area contributed by atoms with Gasteiger partial charge in [-0.05, 0) is 31.2 Å². The van der Waals surface area contributed by atoms with E-state index in [2.05, 4.69) is 27.5 Å². The van der Waals surface area contributed by atoms with Crippen LogP contribution in [0.5, 0.6) is 5.75 Å². The summed E-state index contributed by atoms with van der Waals surface area (Å²) >= 11 is 3.19. The van der Waals surface area contributed by atoms with Crippen molar-refractivity contribution in [1.29, 1.82) is 0 Å². The number of thioether (sulfide) groups is 1. The van der Waals surface area contributed by atoms with Crippen molar-refractivity contribution in [3.05, 3.63) is 41.9 Å². The number of nitrogens with zero attached hydrogens (tertiary/aromatic N) is 4. The van der Waals surface area contributed by atoms with E-state index in [1.54, 1.807) is 36.7 Å². The van der Waals surface area contributed by atoms with Crippen LogP contribution >= 0.6 is 23.1 Å². The largest absolute Gasteiger partial charge is 0.494 e. The standard InChI is InChI=1S/C17H19N5O2S2/c1-4-9-25-14-10-18-17(26-14)19-16(23)15-11(2)22(21-20-15)12-7-5-6-8-13(12)24-3/h5-8,10H,4,9H2,1-3H3,(H,18,19,23). The number of benzene rings is 1. The van der Waals surface area contributed by atoms with Crippen LogP contribution in [-0.2, 0) is 0 Å². The third-order valence-corrected chi connectivity index (χ3v) is 5.89. The van der Waals surface area contributed by atoms with Gasteiger partial charge in [-0.1, -0.05) is 35.6 Å². The van der Waals surface area contributed by atoms with Crippen LogP contribution in [0.3, 0.4) is 0 Å². The lowest BCUT2D eigenvalue weighted by molar-refractivity contribution is 0.102. The van der Waals surface area contributed by atoms with Gasteiger partial charge in [-0.3, -0.25) is 10.1 Å². The van der Waals surface area contributed by atoms with Crippen LogP contribution in [0.15, 0.2) is 34.7 Å². The van der Waals surface area contributed by atoms with Crippen LogP contribution in [0, 0.1) is 6.92 Å². The van der Waals surface area contributed by atoms with Gasteiger partial charge in [-0.2, -0.15) is 0 Å². The van der Waals surface area contributed by atoms with E-state index in [0.717, 1.165) is 22.1 Å². The number of thiazole rings is 1. The summed E-state index contributed by atoms with van der Waals surface area (Å²) in [6.45, 7) is 3.93. The fourth-order valence-electron chi connectivity index (χ4n) is 2.32. The molecular weight excluding hydrogens is 370 g/mol. The minimum atomic E-state index is -0.329. The van der Waals surface area contributed by atoms with Gasteiger partial charge in [0.1, 0.15) is 11.4 Å². The summed E-state index contributed by atoms with van der Waals surface area (Å²) < 4.78 is 8.03. The lowest BCUT2D eigenvalue weighted by atomic mass is 10.2. The number of carbonyl (C=O) groups is 1. The molecule has 9 heteroatoms. The van der Waals surface area contributed by atoms with Crippen LogP contribution in [0.1, 0.15) is 29.5 Å². The lowest BCUT2D eigenvalue weighted by Gasteiger charge is -2.08. The van der Waals surface area contributed by atoms with Crippen molar-refractivity contribution in [1.82, 2.24) is 20.0 Å². The van der Waals surface area contributed by atoms with Gasteiger partial charge >= 0.3 is 0 Å². The predicted molar refractivity (Wildman–Crippen MR) is 104 cm³/mol. The molecule has 7 nitrogen and oxygen atoms in total. The molecule has 0 saturated carbocycles. The maximum Gasteiger partial charge on any atom is 0.279 e. The van der Waals surface area contributed by atoms with Crippen molar-refractivity contribution in [2.45, 2.75) is 24.5 Å². The molecule has 0 radical (unpaired) electrons. The molecule has 0 spiro atoms. The molecule has 3 rings (SSSR count). The second-order valence-electron chi connectivity index (χ2n) is 5.39. The molecule has 0 bridgehead atoms. The highest BCUT2D eigenvalue weighted by Crippen LogP contribution is 2.29. The average molecular weight is 390 g/mol. The summed E-state index contributed by atoms with van der Waals surface area (Å²) in [7, 11) is 1.59. The molecule has 2 heterocycles. The minimum absolute atomic E-state index is 0.258. The Morgan fingerprint density at radius 1 is 1.38 bits per heavy atom. The first kappa shape index (κ1) is 18.4. The summed E-state index contributed by atoms with van der Waals surface area (Å²) in [5.41, 5.74) is 1.62. The zero-order valence-corrected chi connectivity index (χ0v) is 16.4. The number of aromatic nitrogens is 4. The summed E-state index contributed by atoms with van der Waals surface area (Å²) in [6, 6.07) is 7.45. The van der Waals surface area contributed by atoms with Crippen LogP contribution in [0.2, 0.25) is 0 Å². The van der Waals surface area contributed by atoms with Gasteiger partial charge in [0.2, 0.25) is 0 Å². The molecule has 0 saturated heterocycles. The number of para-hydroxylation sites is 2. The van der Waals surface area contributed by atoms with Crippen LogP contribution in [-0.4, -0.2) is 38.7 Å². The molecule has 0 atom stereocenters. The average Bonchev–Trinajstić information content (AvgIpc) is 3.26. The lowest BCUT2D eigenvalue weighted by Crippen LogP contribution is -2.14. The number of ether oxygens (including phenoxy) is 1. The number of methoxy groups -OCH3 is 1. The molecule has 1 amide bonds. The first-order chi connectivity index (χ1) is 12.6. The maximum atomic E-state index is 12.6. The second-order valence-corrected chi connectivity index (χ2v) is 7.82. The highest BCUT2D eigenvalue weighted by atomic mass is 32.2. The van der Waals surface area contributed by atoms with E-state index < -0.39 is 0 Å². The fourth-order valence-corrected chi connectivity index (χ4v) is 4.12. The number of anilines is 1. The third-order valence-electron chi connectivity index (χ3n) is 3.58. The van der Waals surface area contributed by atoms with Crippen molar-refractivity contribution < 1.29 is 9.53 Å². The number of amides is 1. The topological polar surface area (TPSA) is 81.9 Å². The highest BCUT2D eigenvalue weighted by molar-refractivity contribution is 8.01. The minimum Gasteiger partial charge on any atom is -0.494 e. The molecule has 2 aromatic heterocycles. The Bertz CT molecular complexity index is 906. The van der Waals surface area contributed by atoms with E-state index >= 15 is 0 Å². The highest BCUT2D eigenvalue weighted by Gasteiger charge is 2.20. The van der Waals surface area contributed by atoms with Crippen molar-refractivity contribution in [2.75, 3.05) is 18.2 Å². The number of rotatable bonds is 7. The third kappa shape index (κ3) is 3.88. The van der Waals surface area contributed by atoms with E-state index in [4.69, 9.17) is 4.74 Å². The molecular formula is C17H19N5O2S2. The Balaban J connectivity index is 1.79. The normalized spacial score (nSPS) is 10.7. The second kappa shape index (κ2) is 8.33. The molecule has 1 aromatic carbocycles. The predicted octanol–water partition coefficient (Wildman–Crippen LogP) is 3.80. The monoisotopic (exact) mass is 389 g/mol. The Labute approximate surface area is 159 Å². The van der Waals surface area contributed by atoms with E-state index in [0.29, 0.717) is 16.6 Å². The van der Waals surface area contributed by atoms with Gasteiger partial charge in [-0.25, -0.2) is 9.67 Å². The van der Waals surface area contributed by atoms with E-state index in [1.807, 2.05) is 24.3 Å². The Morgan fingerprint density at radius 3 is 2.96 bits per heavy atom. The summed E-state index contributed by atoms with van der Waals surface area (Å²) in [5.74, 6) is 1.36. The first-order valence-electron chi connectivity index (χ1n) is 8.09. The molecule has 3 aromatic rings. The fraction of sp³-hybridized carbons (Fsp3) is 0.294. The molecule has 0 aliphatic carbocycles. The number of hydrogen-bond donors (Lipinski definition) is 1. The van der Waals surface area contributed by atoms with Gasteiger partial charge in [0.25, 0.3) is 5.91 Å². The van der Waals surface area contributed by atoms with Gasteiger partial charge in [0.05, 0.1) is 23.2 Å². The SMILES string of the molecule is CCCSc1cnc(NC(=O)c2nnn(-c3ccccc3OC)c2C)s1. The van der Waals surface area contributed by atoms with Crippen molar-refractivity contribution in [3.63, 3.8) is 0 Å². The molecule has 1 N–H and O–H groups in total. The van der Waals surface area contributed by atoms with Crippen molar-refractivity contribution >= 4 is 34.1 Å². The molecule has 0 aliphatic heterocycles. The number of nitrogens with one attached hydrogen (secondary N) is 1. The maximum absolute atomic E-state index is 12.6. The van der Waals surface area contributed by atoms with Crippen LogP contribution < -0.4 is 10.1 Å². The summed E-state index contributed by atoms with van der Waals surface area (Å²) in [4.78, 5) is 16.8. The zero-order valence-electron chi connectivity index (χ0n) is 14.7. The molecule has 0 unspecified atom stereocenters. The van der Waals surface area contributed by atoms with Crippen LogP contribution in [0.4, 0.5) is 5.13 Å². The van der Waals surface area contributed by atoms with Gasteiger partial charge < -0.3 is 4.74 Å². The summed E-state index contributed by atoms with van der Waals surface area (Å²) in [6.07, 6.45) is 2.87. The molecule has 26 heavy (non-hydrogen) atoms. The van der Waals surface area contributed by atoms with Gasteiger partial charge in [0, 0.05) is 0 Å². The Kier molecular flexibility index (Phi) is 5.89. The van der Waals surface area contributed by atoms with Crippen LogP contribution in [0.25, 0.3) is 5.69 Å². The van der Waals surface area contributed by atoms with Crippen molar-refractivity contribution in [2.24, 2.45) is 0 Å². The zero-order chi connectivity index (χ0) is 18.5. The molecule has 136 valence electrons. The van der Waals surface area contributed by atoms with Crippen molar-refractivity contribution in [3.8, 4) is 11.4 Å². The smallest absolute Gasteiger partial charge is 0.279 e. The van der Waals surface area contributed by atoms with E-state index in [1.165, 1.54) is 11.3 Å². The quantitative estimate of drug-likeness (QED) is 0.619. The summed E-state index contributed by atoms with van der Waals surface area (Å²) in [5, 5.41) is 11.5.